The van der Waals surface area contributed by atoms with Gasteiger partial charge >= 0.3 is 0 Å². The number of nitrogens with one attached hydrogen (secondary N) is 4. The van der Waals surface area contributed by atoms with Crippen LogP contribution in [0, 0.1) is 0 Å². The maximum Gasteiger partial charge on any atom is 0.279 e. The molecular formula is C26H59N4O2P. The van der Waals surface area contributed by atoms with Gasteiger partial charge in [0.2, 0.25) is 0 Å². The highest BCUT2D eigenvalue weighted by molar-refractivity contribution is 7.57. The van der Waals surface area contributed by atoms with Crippen LogP contribution >= 0.6 is 7.59 Å². The molecule has 0 spiro atoms. The van der Waals surface area contributed by atoms with Gasteiger partial charge in [-0.2, -0.15) is 0 Å². The molecule has 200 valence electrons. The fourth-order valence-corrected chi connectivity index (χ4v) is 5.73. The van der Waals surface area contributed by atoms with Crippen molar-refractivity contribution in [2.75, 3.05) is 39.3 Å². The van der Waals surface area contributed by atoms with Crippen LogP contribution in [-0.4, -0.2) is 44.4 Å². The molecule has 0 rings (SSSR count). The molecule has 0 fully saturated rings. The Kier molecular flexibility index (Phi) is 26.7. The number of unbranched alkanes of at least 4 members (excludes halogenated alkanes) is 16. The van der Waals surface area contributed by atoms with Gasteiger partial charge in [-0.15, -0.1) is 0 Å². The van der Waals surface area contributed by atoms with E-state index < -0.39 is 7.59 Å². The van der Waals surface area contributed by atoms with E-state index in [4.69, 9.17) is 5.11 Å². The van der Waals surface area contributed by atoms with Crippen LogP contribution in [0.2, 0.25) is 0 Å². The van der Waals surface area contributed by atoms with E-state index in [1.165, 1.54) is 103 Å². The summed E-state index contributed by atoms with van der Waals surface area (Å²) in [5.41, 5.74) is 0. The molecular weight excluding hydrogens is 431 g/mol. The molecule has 0 aliphatic rings. The standard InChI is InChI=1S/C26H59N4O2P/c1-3-5-7-9-11-13-15-17-19-21-28-33(32,30-24-23-27-25-26-31)29-22-20-18-16-14-12-10-8-6-4-2/h27,31H,3-26H2,1-2H3,(H3,28,29,30,32). The van der Waals surface area contributed by atoms with Gasteiger partial charge < -0.3 is 10.4 Å². The van der Waals surface area contributed by atoms with Crippen molar-refractivity contribution in [3.63, 3.8) is 0 Å². The second kappa shape index (κ2) is 26.6. The average molecular weight is 491 g/mol. The van der Waals surface area contributed by atoms with Gasteiger partial charge in [0.05, 0.1) is 6.61 Å². The van der Waals surface area contributed by atoms with E-state index in [0.29, 0.717) is 19.6 Å². The number of aliphatic hydroxyl groups is 1. The van der Waals surface area contributed by atoms with E-state index in [-0.39, 0.29) is 6.61 Å². The fraction of sp³-hybridized carbons (Fsp3) is 1.00. The monoisotopic (exact) mass is 490 g/mol. The summed E-state index contributed by atoms with van der Waals surface area (Å²) in [7, 11) is -2.77. The summed E-state index contributed by atoms with van der Waals surface area (Å²) in [6.07, 6.45) is 23.3. The maximum atomic E-state index is 13.3. The largest absolute Gasteiger partial charge is 0.395 e. The Morgan fingerprint density at radius 1 is 0.485 bits per heavy atom. The maximum absolute atomic E-state index is 13.3. The molecule has 0 unspecified atom stereocenters. The molecule has 0 saturated heterocycles. The first-order chi connectivity index (χ1) is 16.2. The van der Waals surface area contributed by atoms with Crippen molar-refractivity contribution in [1.29, 1.82) is 0 Å². The molecule has 0 aromatic carbocycles. The van der Waals surface area contributed by atoms with Crippen molar-refractivity contribution >= 4 is 7.59 Å². The zero-order valence-corrected chi connectivity index (χ0v) is 23.2. The molecule has 0 radical (unpaired) electrons. The third-order valence-corrected chi connectivity index (χ3v) is 8.16. The summed E-state index contributed by atoms with van der Waals surface area (Å²) in [5.74, 6) is 0. The van der Waals surface area contributed by atoms with Crippen molar-refractivity contribution in [3.8, 4) is 0 Å². The van der Waals surface area contributed by atoms with Crippen molar-refractivity contribution < 1.29 is 9.67 Å². The Balaban J connectivity index is 3.96. The molecule has 0 aromatic rings. The first kappa shape index (κ1) is 33.0. The first-order valence-electron chi connectivity index (χ1n) is 14.4. The SMILES string of the molecule is CCCCCCCCCCCNP(=O)(NCCCCCCCCCCC)NCCNCCO. The van der Waals surface area contributed by atoms with Crippen LogP contribution < -0.4 is 20.6 Å². The van der Waals surface area contributed by atoms with Gasteiger partial charge in [0.1, 0.15) is 0 Å². The van der Waals surface area contributed by atoms with Gasteiger partial charge in [0.15, 0.2) is 0 Å². The van der Waals surface area contributed by atoms with Crippen LogP contribution in [0.5, 0.6) is 0 Å². The minimum atomic E-state index is -2.77. The summed E-state index contributed by atoms with van der Waals surface area (Å²) in [4.78, 5) is 0. The number of rotatable bonds is 28. The van der Waals surface area contributed by atoms with Crippen LogP contribution in [0.3, 0.4) is 0 Å². The lowest BCUT2D eigenvalue weighted by Gasteiger charge is -2.22. The molecule has 0 aliphatic carbocycles. The summed E-state index contributed by atoms with van der Waals surface area (Å²) >= 11 is 0. The zero-order chi connectivity index (χ0) is 24.3. The predicted molar refractivity (Wildman–Crippen MR) is 146 cm³/mol. The average Bonchev–Trinajstić information content (AvgIpc) is 2.81. The van der Waals surface area contributed by atoms with E-state index in [2.05, 4.69) is 34.4 Å². The van der Waals surface area contributed by atoms with E-state index in [1.54, 1.807) is 0 Å². The summed E-state index contributed by atoms with van der Waals surface area (Å²) < 4.78 is 13.3. The molecule has 0 atom stereocenters. The van der Waals surface area contributed by atoms with E-state index in [9.17, 15) is 4.57 Å². The van der Waals surface area contributed by atoms with E-state index in [0.717, 1.165) is 25.9 Å². The Morgan fingerprint density at radius 3 is 1.24 bits per heavy atom. The Morgan fingerprint density at radius 2 is 0.848 bits per heavy atom. The van der Waals surface area contributed by atoms with E-state index in [1.807, 2.05) is 0 Å². The smallest absolute Gasteiger partial charge is 0.279 e. The molecule has 7 heteroatoms. The number of hydrogen-bond donors (Lipinski definition) is 5. The van der Waals surface area contributed by atoms with Crippen LogP contribution in [0.1, 0.15) is 129 Å². The molecule has 0 heterocycles. The molecule has 6 nitrogen and oxygen atoms in total. The third kappa shape index (κ3) is 24.9. The molecule has 0 aliphatic heterocycles. The molecule has 0 bridgehead atoms. The highest BCUT2D eigenvalue weighted by Crippen LogP contribution is 2.30. The number of hydrogen-bond acceptors (Lipinski definition) is 3. The molecule has 5 N–H and O–H groups in total. The van der Waals surface area contributed by atoms with Crippen LogP contribution in [-0.2, 0) is 4.57 Å². The van der Waals surface area contributed by atoms with Gasteiger partial charge in [0, 0.05) is 32.7 Å². The lowest BCUT2D eigenvalue weighted by Crippen LogP contribution is -2.37. The highest BCUT2D eigenvalue weighted by Gasteiger charge is 2.19. The van der Waals surface area contributed by atoms with Gasteiger partial charge in [0.25, 0.3) is 7.59 Å². The molecule has 0 amide bonds. The minimum absolute atomic E-state index is 0.130. The first-order valence-corrected chi connectivity index (χ1v) is 16.1. The van der Waals surface area contributed by atoms with Crippen molar-refractivity contribution in [1.82, 2.24) is 20.6 Å². The second-order valence-corrected chi connectivity index (χ2v) is 11.6. The highest BCUT2D eigenvalue weighted by atomic mass is 31.2. The van der Waals surface area contributed by atoms with Crippen LogP contribution in [0.15, 0.2) is 0 Å². The minimum Gasteiger partial charge on any atom is -0.395 e. The Labute approximate surface area is 206 Å². The van der Waals surface area contributed by atoms with Gasteiger partial charge in [-0.05, 0) is 12.8 Å². The van der Waals surface area contributed by atoms with Crippen molar-refractivity contribution in [2.45, 2.75) is 129 Å². The lowest BCUT2D eigenvalue weighted by molar-refractivity contribution is 0.293. The summed E-state index contributed by atoms with van der Waals surface area (Å²) in [6, 6.07) is 0. The van der Waals surface area contributed by atoms with Gasteiger partial charge in [-0.25, -0.2) is 15.3 Å². The predicted octanol–water partition coefficient (Wildman–Crippen LogP) is 6.51. The summed E-state index contributed by atoms with van der Waals surface area (Å²) in [6.45, 7) is 8.12. The molecule has 33 heavy (non-hydrogen) atoms. The topological polar surface area (TPSA) is 85.4 Å². The zero-order valence-electron chi connectivity index (χ0n) is 22.3. The number of aliphatic hydroxyl groups excluding tert-OH is 1. The van der Waals surface area contributed by atoms with Crippen molar-refractivity contribution in [3.05, 3.63) is 0 Å². The van der Waals surface area contributed by atoms with Crippen LogP contribution in [0.25, 0.3) is 0 Å². The van der Waals surface area contributed by atoms with Gasteiger partial charge in [-0.3, -0.25) is 4.57 Å². The van der Waals surface area contributed by atoms with Gasteiger partial charge in [-0.1, -0.05) is 117 Å². The lowest BCUT2D eigenvalue weighted by atomic mass is 10.1. The molecule has 0 saturated carbocycles. The normalized spacial score (nSPS) is 12.0. The van der Waals surface area contributed by atoms with Crippen LogP contribution in [0.4, 0.5) is 0 Å². The Hall–Kier alpha value is 0.0300. The summed E-state index contributed by atoms with van der Waals surface area (Å²) in [5, 5.41) is 21.8. The fourth-order valence-electron chi connectivity index (χ4n) is 4.02. The van der Waals surface area contributed by atoms with E-state index >= 15 is 0 Å². The Bertz CT molecular complexity index is 399. The molecule has 0 aromatic heterocycles. The second-order valence-electron chi connectivity index (χ2n) is 9.46. The quantitative estimate of drug-likeness (QED) is 0.0635. The third-order valence-electron chi connectivity index (χ3n) is 6.15. The van der Waals surface area contributed by atoms with Crippen molar-refractivity contribution in [2.24, 2.45) is 0 Å².